The third kappa shape index (κ3) is 6.73. The van der Waals surface area contributed by atoms with Gasteiger partial charge >= 0.3 is 5.97 Å². The lowest BCUT2D eigenvalue weighted by Gasteiger charge is -2.57. The van der Waals surface area contributed by atoms with Gasteiger partial charge < -0.3 is 19.8 Å². The first-order chi connectivity index (χ1) is 21.4. The van der Waals surface area contributed by atoms with Crippen LogP contribution in [-0.2, 0) is 14.3 Å². The fourth-order valence-corrected chi connectivity index (χ4v) is 7.23. The predicted molar refractivity (Wildman–Crippen MR) is 177 cm³/mol. The van der Waals surface area contributed by atoms with Crippen LogP contribution in [0.5, 0.6) is 0 Å². The fraction of sp³-hybridized carbons (Fsp3) is 0.486. The molecule has 4 aliphatic rings. The number of carbonyl (C=O) groups excluding carboxylic acids is 2. The Hall–Kier alpha value is -3.86. The highest BCUT2D eigenvalue weighted by atomic mass is 16.5. The third-order valence-electron chi connectivity index (χ3n) is 10.0. The predicted octanol–water partition coefficient (Wildman–Crippen LogP) is 3.24. The van der Waals surface area contributed by atoms with Gasteiger partial charge in [0.15, 0.2) is 0 Å². The van der Waals surface area contributed by atoms with Crippen LogP contribution in [0, 0.1) is 29.1 Å². The van der Waals surface area contributed by atoms with Crippen molar-refractivity contribution < 1.29 is 24.5 Å². The first-order valence-corrected chi connectivity index (χ1v) is 15.6. The summed E-state index contributed by atoms with van der Waals surface area (Å²) < 4.78 is 5.57. The number of hydrogen-bond acceptors (Lipinski definition) is 9. The maximum atomic E-state index is 13.0. The molecule has 5 rings (SSSR count). The molecule has 0 bridgehead atoms. The van der Waals surface area contributed by atoms with E-state index in [1.54, 1.807) is 25.3 Å². The maximum Gasteiger partial charge on any atom is 0.343 e. The minimum atomic E-state index is -0.730. The van der Waals surface area contributed by atoms with E-state index in [0.29, 0.717) is 36.7 Å². The summed E-state index contributed by atoms with van der Waals surface area (Å²) in [4.78, 5) is 36.1. The summed E-state index contributed by atoms with van der Waals surface area (Å²) in [7, 11) is 3.96. The number of anilines is 1. The minimum Gasteiger partial charge on any atom is -0.423 e. The number of guanidine groups is 1. The number of carbonyl (C=O) groups is 2. The Balaban J connectivity index is 1.40. The highest BCUT2D eigenvalue weighted by Gasteiger charge is 2.55. The largest absolute Gasteiger partial charge is 0.423 e. The zero-order chi connectivity index (χ0) is 32.5. The van der Waals surface area contributed by atoms with Crippen LogP contribution in [-0.4, -0.2) is 79.7 Å². The molecule has 0 radical (unpaired) electrons. The molecule has 2 aliphatic heterocycles. The number of aliphatic hydroxyl groups is 2. The Bertz CT molecular complexity index is 1480. The highest BCUT2D eigenvalue weighted by molar-refractivity contribution is 6.04. The van der Waals surface area contributed by atoms with Crippen LogP contribution in [0.4, 0.5) is 5.69 Å². The van der Waals surface area contributed by atoms with Crippen molar-refractivity contribution in [2.75, 3.05) is 32.1 Å². The quantitative estimate of drug-likeness (QED) is 0.261. The van der Waals surface area contributed by atoms with Crippen LogP contribution in [0.1, 0.15) is 39.2 Å². The Morgan fingerprint density at radius 2 is 2.00 bits per heavy atom. The summed E-state index contributed by atoms with van der Waals surface area (Å²) in [5.41, 5.74) is 2.60. The average molecular weight is 616 g/mol. The normalized spacial score (nSPS) is 32.7. The SMILES string of the molecule is C=C1C(NC(C)C(=O)NC2=NCC=N2)CC2C(C1/C=C/C1=CC(=C\c3ccc(N(C)C)cc3)/OC1=O)[C@H](C)C[C@@H](O)[C@@]2(C)CO. The minimum absolute atomic E-state index is 0.0666. The molecule has 5 unspecified atom stereocenters. The van der Waals surface area contributed by atoms with Gasteiger partial charge in [0.25, 0.3) is 0 Å². The van der Waals surface area contributed by atoms with E-state index in [1.165, 1.54) is 0 Å². The van der Waals surface area contributed by atoms with Crippen LogP contribution in [0.2, 0.25) is 0 Å². The van der Waals surface area contributed by atoms with Gasteiger partial charge in [-0.25, -0.2) is 14.8 Å². The molecule has 10 heteroatoms. The Morgan fingerprint density at radius 1 is 1.27 bits per heavy atom. The molecule has 10 nitrogen and oxygen atoms in total. The van der Waals surface area contributed by atoms with E-state index in [1.807, 2.05) is 62.3 Å². The molecule has 240 valence electrons. The molecule has 8 atom stereocenters. The number of benzene rings is 1. The van der Waals surface area contributed by atoms with E-state index < -0.39 is 23.5 Å². The number of allylic oxidation sites excluding steroid dienone is 2. The number of cyclic esters (lactones) is 1. The van der Waals surface area contributed by atoms with Gasteiger partial charge in [0.05, 0.1) is 30.9 Å². The number of hydrogen-bond donors (Lipinski definition) is 4. The van der Waals surface area contributed by atoms with Crippen molar-refractivity contribution >= 4 is 35.8 Å². The second kappa shape index (κ2) is 13.2. The van der Waals surface area contributed by atoms with Gasteiger partial charge in [-0.05, 0) is 67.4 Å². The summed E-state index contributed by atoms with van der Waals surface area (Å²) in [5, 5.41) is 27.9. The molecule has 2 aliphatic carbocycles. The van der Waals surface area contributed by atoms with Gasteiger partial charge in [-0.2, -0.15) is 0 Å². The molecule has 4 N–H and O–H groups in total. The van der Waals surface area contributed by atoms with Crippen LogP contribution in [0.3, 0.4) is 0 Å². The van der Waals surface area contributed by atoms with Crippen molar-refractivity contribution in [3.63, 3.8) is 0 Å². The summed E-state index contributed by atoms with van der Waals surface area (Å²) in [6.07, 6.45) is 9.51. The zero-order valence-electron chi connectivity index (χ0n) is 26.7. The summed E-state index contributed by atoms with van der Waals surface area (Å²) in [6, 6.07) is 7.11. The van der Waals surface area contributed by atoms with Gasteiger partial charge in [0, 0.05) is 43.4 Å². The van der Waals surface area contributed by atoms with E-state index >= 15 is 0 Å². The second-order valence-corrected chi connectivity index (χ2v) is 13.2. The van der Waals surface area contributed by atoms with Gasteiger partial charge in [0.2, 0.25) is 11.9 Å². The second-order valence-electron chi connectivity index (χ2n) is 13.2. The first-order valence-electron chi connectivity index (χ1n) is 15.6. The lowest BCUT2D eigenvalue weighted by Crippen LogP contribution is -2.60. The van der Waals surface area contributed by atoms with Crippen LogP contribution >= 0.6 is 0 Å². The number of aliphatic hydroxyl groups excluding tert-OH is 2. The topological polar surface area (TPSA) is 136 Å². The van der Waals surface area contributed by atoms with Crippen molar-refractivity contribution in [2.24, 2.45) is 39.1 Å². The Kier molecular flexibility index (Phi) is 9.57. The van der Waals surface area contributed by atoms with Gasteiger partial charge in [-0.15, -0.1) is 0 Å². The zero-order valence-corrected chi connectivity index (χ0v) is 26.7. The number of esters is 1. The number of aliphatic imine (C=N–C) groups is 2. The number of nitrogens with one attached hydrogen (secondary N) is 2. The molecule has 0 spiro atoms. The van der Waals surface area contributed by atoms with Gasteiger partial charge in [-0.3, -0.25) is 15.4 Å². The smallest absolute Gasteiger partial charge is 0.343 e. The highest BCUT2D eigenvalue weighted by Crippen LogP contribution is 2.56. The van der Waals surface area contributed by atoms with Gasteiger partial charge in [0.1, 0.15) is 5.76 Å². The number of nitrogens with zero attached hydrogens (tertiary/aromatic N) is 3. The van der Waals surface area contributed by atoms with E-state index in [9.17, 15) is 19.8 Å². The molecule has 0 aromatic heterocycles. The van der Waals surface area contributed by atoms with E-state index in [4.69, 9.17) is 4.74 Å². The molecule has 2 fully saturated rings. The summed E-state index contributed by atoms with van der Waals surface area (Å²) >= 11 is 0. The molecular formula is C35H45N5O5. The molecule has 1 aromatic carbocycles. The average Bonchev–Trinajstić information content (AvgIpc) is 3.65. The number of rotatable bonds is 8. The number of fused-ring (bicyclic) bond motifs is 1. The molecular weight excluding hydrogens is 570 g/mol. The van der Waals surface area contributed by atoms with Crippen LogP contribution < -0.4 is 15.5 Å². The molecule has 2 heterocycles. The van der Waals surface area contributed by atoms with E-state index in [0.717, 1.165) is 16.8 Å². The van der Waals surface area contributed by atoms with Crippen LogP contribution in [0.25, 0.3) is 6.08 Å². The Morgan fingerprint density at radius 3 is 2.64 bits per heavy atom. The third-order valence-corrected chi connectivity index (χ3v) is 10.0. The standard InChI is InChI=1S/C35H45N5O5/c1-20-15-30(42)35(4,19-41)28-18-29(38-22(3)32(43)39-34-36-13-14-37-34)21(2)27(31(20)28)12-9-24-17-26(45-33(24)44)16-23-7-10-25(11-8-23)40(5)6/h7-13,16-17,20,22,27-31,38,41-42H,2,14-15,18-19H2,1,3-6H3,(H,37,39,43)/b12-9+,26-16+/t20-,22?,27?,28?,29?,30-,31?,35+/m1/s1. The molecule has 1 aromatic rings. The molecule has 0 saturated heterocycles. The Labute approximate surface area is 265 Å². The molecule has 45 heavy (non-hydrogen) atoms. The number of ether oxygens (including phenoxy) is 1. The van der Waals surface area contributed by atoms with Crippen molar-refractivity contribution in [1.82, 2.24) is 10.6 Å². The first kappa shape index (κ1) is 32.5. The number of amides is 1. The van der Waals surface area contributed by atoms with Gasteiger partial charge in [-0.1, -0.05) is 50.3 Å². The lowest BCUT2D eigenvalue weighted by molar-refractivity contribution is -0.134. The monoisotopic (exact) mass is 615 g/mol. The maximum absolute atomic E-state index is 13.0. The molecule has 1 amide bonds. The molecule has 2 saturated carbocycles. The van der Waals surface area contributed by atoms with Crippen molar-refractivity contribution in [3.8, 4) is 0 Å². The van der Waals surface area contributed by atoms with Crippen molar-refractivity contribution in [1.29, 1.82) is 0 Å². The van der Waals surface area contributed by atoms with E-state index in [2.05, 4.69) is 34.1 Å². The lowest BCUT2D eigenvalue weighted by atomic mass is 9.50. The fourth-order valence-electron chi connectivity index (χ4n) is 7.23. The summed E-state index contributed by atoms with van der Waals surface area (Å²) in [6.45, 7) is 10.6. The van der Waals surface area contributed by atoms with Crippen molar-refractivity contribution in [3.05, 3.63) is 71.5 Å². The van der Waals surface area contributed by atoms with E-state index in [-0.39, 0.29) is 42.2 Å². The van der Waals surface area contributed by atoms with Crippen LogP contribution in [0.15, 0.2) is 76.0 Å². The summed E-state index contributed by atoms with van der Waals surface area (Å²) in [5.74, 6) is 0.0523. The van der Waals surface area contributed by atoms with Crippen molar-refractivity contribution in [2.45, 2.75) is 51.8 Å².